The van der Waals surface area contributed by atoms with E-state index in [0.717, 1.165) is 35.0 Å². The minimum absolute atomic E-state index is 0.202. The number of benzene rings is 1. The van der Waals surface area contributed by atoms with E-state index >= 15 is 0 Å². The van der Waals surface area contributed by atoms with Crippen molar-refractivity contribution < 1.29 is 13.9 Å². The highest BCUT2D eigenvalue weighted by atomic mass is 32.2. The largest absolute Gasteiger partial charge is 0.467 e. The van der Waals surface area contributed by atoms with Crippen molar-refractivity contribution in [1.82, 2.24) is 14.8 Å². The second-order valence-corrected chi connectivity index (χ2v) is 7.56. The van der Waals surface area contributed by atoms with E-state index in [2.05, 4.69) is 27.7 Å². The Labute approximate surface area is 152 Å². The molecule has 1 aliphatic heterocycles. The summed E-state index contributed by atoms with van der Waals surface area (Å²) < 4.78 is 26.6. The first-order valence-corrected chi connectivity index (χ1v) is 9.71. The Kier molecular flexibility index (Phi) is 5.00. The van der Waals surface area contributed by atoms with Crippen LogP contribution >= 0.6 is 23.1 Å². The third-order valence-corrected chi connectivity index (χ3v) is 5.83. The average molecular weight is 377 g/mol. The third-order valence-electron chi connectivity index (χ3n) is 3.87. The van der Waals surface area contributed by atoms with Crippen molar-refractivity contribution in [2.45, 2.75) is 30.5 Å². The Morgan fingerprint density at radius 3 is 3.20 bits per heavy atom. The second kappa shape index (κ2) is 7.55. The number of thioether (sulfide) groups is 1. The van der Waals surface area contributed by atoms with Gasteiger partial charge in [0.2, 0.25) is 0 Å². The molecule has 0 N–H and O–H groups in total. The summed E-state index contributed by atoms with van der Waals surface area (Å²) in [6, 6.07) is 7.16. The van der Waals surface area contributed by atoms with Gasteiger partial charge in [0.05, 0.1) is 6.61 Å². The Morgan fingerprint density at radius 1 is 1.36 bits per heavy atom. The van der Waals surface area contributed by atoms with Crippen LogP contribution in [0, 0.1) is 5.82 Å². The lowest BCUT2D eigenvalue weighted by molar-refractivity contribution is -0.0171. The van der Waals surface area contributed by atoms with Crippen LogP contribution in [0.4, 0.5) is 4.39 Å². The van der Waals surface area contributed by atoms with Crippen LogP contribution in [0.3, 0.4) is 0 Å². The number of halogens is 1. The van der Waals surface area contributed by atoms with Gasteiger partial charge in [0.25, 0.3) is 0 Å². The van der Waals surface area contributed by atoms with E-state index in [-0.39, 0.29) is 12.6 Å². The van der Waals surface area contributed by atoms with Crippen molar-refractivity contribution in [3.05, 3.63) is 57.8 Å². The monoisotopic (exact) mass is 377 g/mol. The summed E-state index contributed by atoms with van der Waals surface area (Å²) in [6.07, 6.45) is 2.68. The topological polar surface area (TPSA) is 49.2 Å². The van der Waals surface area contributed by atoms with Crippen LogP contribution in [0.15, 0.2) is 41.1 Å². The molecule has 2 aromatic heterocycles. The molecule has 0 saturated carbocycles. The highest BCUT2D eigenvalue weighted by Crippen LogP contribution is 2.33. The van der Waals surface area contributed by atoms with E-state index < -0.39 is 0 Å². The van der Waals surface area contributed by atoms with E-state index in [4.69, 9.17) is 9.47 Å². The van der Waals surface area contributed by atoms with Crippen LogP contribution in [0.5, 0.6) is 5.75 Å². The quantitative estimate of drug-likeness (QED) is 0.610. The van der Waals surface area contributed by atoms with Gasteiger partial charge >= 0.3 is 0 Å². The summed E-state index contributed by atoms with van der Waals surface area (Å²) in [5.74, 6) is 1.02. The molecule has 1 aromatic carbocycles. The lowest BCUT2D eigenvalue weighted by Gasteiger charge is -2.20. The molecule has 0 aliphatic carbocycles. The number of aromatic nitrogens is 3. The summed E-state index contributed by atoms with van der Waals surface area (Å²) in [6.45, 7) is 1.40. The summed E-state index contributed by atoms with van der Waals surface area (Å²) in [7, 11) is 0. The summed E-state index contributed by atoms with van der Waals surface area (Å²) in [5, 5.41) is 11.1. The fourth-order valence-corrected chi connectivity index (χ4v) is 4.31. The smallest absolute Gasteiger partial charge is 0.191 e. The lowest BCUT2D eigenvalue weighted by atomic mass is 10.1. The molecule has 25 heavy (non-hydrogen) atoms. The van der Waals surface area contributed by atoms with Crippen molar-refractivity contribution >= 4 is 23.1 Å². The van der Waals surface area contributed by atoms with E-state index in [0.29, 0.717) is 12.4 Å². The second-order valence-electron chi connectivity index (χ2n) is 5.59. The third kappa shape index (κ3) is 3.86. The van der Waals surface area contributed by atoms with Gasteiger partial charge in [0.15, 0.2) is 11.9 Å². The van der Waals surface area contributed by atoms with Gasteiger partial charge in [-0.25, -0.2) is 4.39 Å². The molecule has 5 nitrogen and oxygen atoms in total. The molecule has 3 heterocycles. The molecule has 0 unspecified atom stereocenters. The molecule has 0 amide bonds. The van der Waals surface area contributed by atoms with Crippen LogP contribution in [0.1, 0.15) is 16.0 Å². The van der Waals surface area contributed by atoms with Crippen molar-refractivity contribution in [1.29, 1.82) is 0 Å². The van der Waals surface area contributed by atoms with Crippen molar-refractivity contribution in [3.8, 4) is 5.75 Å². The molecule has 0 radical (unpaired) electrons. The summed E-state index contributed by atoms with van der Waals surface area (Å²) in [4.78, 5) is 1.33. The van der Waals surface area contributed by atoms with Crippen LogP contribution in [-0.4, -0.2) is 21.6 Å². The summed E-state index contributed by atoms with van der Waals surface area (Å²) >= 11 is 3.28. The average Bonchev–Trinajstić information content (AvgIpc) is 3.29. The standard InChI is InChI=1S/C17H16FN3O2S2/c18-14-6-12-8-22-11-23-16(12)13(7-14)9-25-17-20-19-10-21(17)4-3-15-2-1-5-24-15/h1-2,5-7,10H,3-4,8-9,11H2. The molecule has 0 bridgehead atoms. The zero-order valence-corrected chi connectivity index (χ0v) is 15.0. The molecule has 8 heteroatoms. The van der Waals surface area contributed by atoms with E-state index in [1.807, 2.05) is 4.57 Å². The Morgan fingerprint density at radius 2 is 2.32 bits per heavy atom. The van der Waals surface area contributed by atoms with E-state index in [1.165, 1.54) is 28.8 Å². The maximum absolute atomic E-state index is 13.8. The van der Waals surface area contributed by atoms with Gasteiger partial charge in [-0.3, -0.25) is 0 Å². The first-order valence-electron chi connectivity index (χ1n) is 7.84. The molecule has 3 aromatic rings. The minimum Gasteiger partial charge on any atom is -0.467 e. The fourth-order valence-electron chi connectivity index (χ4n) is 2.70. The molecule has 0 fully saturated rings. The van der Waals surface area contributed by atoms with Crippen molar-refractivity contribution in [2.75, 3.05) is 6.79 Å². The van der Waals surface area contributed by atoms with Gasteiger partial charge in [-0.05, 0) is 30.0 Å². The van der Waals surface area contributed by atoms with Gasteiger partial charge in [0.1, 0.15) is 17.9 Å². The molecular formula is C17H16FN3O2S2. The molecule has 0 saturated heterocycles. The predicted molar refractivity (Wildman–Crippen MR) is 94.3 cm³/mol. The molecule has 4 rings (SSSR count). The Balaban J connectivity index is 1.45. The molecule has 1 aliphatic rings. The molecule has 130 valence electrons. The van der Waals surface area contributed by atoms with Gasteiger partial charge in [0, 0.05) is 28.3 Å². The first kappa shape index (κ1) is 16.6. The number of rotatable bonds is 6. The van der Waals surface area contributed by atoms with Crippen LogP contribution in [0.25, 0.3) is 0 Å². The first-order chi connectivity index (χ1) is 12.3. The zero-order chi connectivity index (χ0) is 17.1. The number of nitrogens with zero attached hydrogens (tertiary/aromatic N) is 3. The number of fused-ring (bicyclic) bond motifs is 1. The van der Waals surface area contributed by atoms with E-state index in [1.54, 1.807) is 17.7 Å². The van der Waals surface area contributed by atoms with E-state index in [9.17, 15) is 4.39 Å². The SMILES string of the molecule is Fc1cc2c(c(CSc3nncn3CCc3cccs3)c1)OCOC2. The number of hydrogen-bond acceptors (Lipinski definition) is 6. The number of aryl methyl sites for hydroxylation is 2. The summed E-state index contributed by atoms with van der Waals surface area (Å²) in [5.41, 5.74) is 1.57. The van der Waals surface area contributed by atoms with Crippen molar-refractivity contribution in [3.63, 3.8) is 0 Å². The normalized spacial score (nSPS) is 13.5. The maximum Gasteiger partial charge on any atom is 0.191 e. The highest BCUT2D eigenvalue weighted by molar-refractivity contribution is 7.98. The van der Waals surface area contributed by atoms with Gasteiger partial charge in [-0.1, -0.05) is 17.8 Å². The lowest BCUT2D eigenvalue weighted by Crippen LogP contribution is -2.13. The highest BCUT2D eigenvalue weighted by Gasteiger charge is 2.18. The molecular weight excluding hydrogens is 361 g/mol. The Bertz CT molecular complexity index is 852. The Hall–Kier alpha value is -1.90. The van der Waals surface area contributed by atoms with Crippen LogP contribution in [0.2, 0.25) is 0 Å². The van der Waals surface area contributed by atoms with Crippen LogP contribution in [-0.2, 0) is 30.1 Å². The van der Waals surface area contributed by atoms with Crippen LogP contribution < -0.4 is 4.74 Å². The van der Waals surface area contributed by atoms with Gasteiger partial charge in [-0.2, -0.15) is 0 Å². The number of hydrogen-bond donors (Lipinski definition) is 0. The number of thiophene rings is 1. The van der Waals surface area contributed by atoms with Gasteiger partial charge < -0.3 is 14.0 Å². The maximum atomic E-state index is 13.8. The molecule has 0 atom stereocenters. The molecule has 0 spiro atoms. The zero-order valence-electron chi connectivity index (χ0n) is 13.4. The van der Waals surface area contributed by atoms with Gasteiger partial charge in [-0.15, -0.1) is 21.5 Å². The van der Waals surface area contributed by atoms with Crippen molar-refractivity contribution in [2.24, 2.45) is 0 Å². The minimum atomic E-state index is -0.275. The predicted octanol–water partition coefficient (Wildman–Crippen LogP) is 3.88. The number of ether oxygens (including phenoxy) is 2. The fraction of sp³-hybridized carbons (Fsp3) is 0.294.